The number of sulfonamides is 1. The minimum absolute atomic E-state index is 0.131. The molecule has 12 heteroatoms. The summed E-state index contributed by atoms with van der Waals surface area (Å²) in [7, 11) is -0.611. The normalized spacial score (nSPS) is 18.0. The molecule has 32 heavy (non-hydrogen) atoms. The molecule has 4 rings (SSSR count). The molecule has 0 spiro atoms. The highest BCUT2D eigenvalue weighted by atomic mass is 35.5. The lowest BCUT2D eigenvalue weighted by molar-refractivity contribution is -0.121. The van der Waals surface area contributed by atoms with Crippen LogP contribution in [0.25, 0.3) is 10.2 Å². The number of benzene rings is 1. The lowest BCUT2D eigenvalue weighted by Gasteiger charge is -2.20. The van der Waals surface area contributed by atoms with Crippen molar-refractivity contribution >= 4 is 60.4 Å². The van der Waals surface area contributed by atoms with E-state index in [1.54, 1.807) is 20.3 Å². The summed E-state index contributed by atoms with van der Waals surface area (Å²) in [6.45, 7) is 1.23. The Morgan fingerprint density at radius 3 is 2.75 bits per heavy atom. The van der Waals surface area contributed by atoms with Gasteiger partial charge in [-0.3, -0.25) is 4.79 Å². The number of nitrogens with zero attached hydrogens (tertiary/aromatic N) is 3. The molecule has 1 saturated heterocycles. The van der Waals surface area contributed by atoms with E-state index in [4.69, 9.17) is 21.1 Å². The zero-order chi connectivity index (χ0) is 22.9. The van der Waals surface area contributed by atoms with E-state index in [-0.39, 0.29) is 10.8 Å². The number of ether oxygens (including phenoxy) is 2. The first kappa shape index (κ1) is 23.4. The standard InChI is InChI=1S/C20H22ClN3O5S3/c1-28-11-10-23-14-6-5-13(29-2)12-16(14)30-20(23)22-19(25)15-4-3-9-24(15)32(26,27)18-8-7-17(21)31-18/h5-8,12,15H,3-4,9-11H2,1-2H3. The topological polar surface area (TPSA) is 90.2 Å². The Labute approximate surface area is 198 Å². The Bertz CT molecular complexity index is 1310. The lowest BCUT2D eigenvalue weighted by Crippen LogP contribution is -2.40. The van der Waals surface area contributed by atoms with E-state index in [1.807, 2.05) is 22.8 Å². The molecule has 1 aromatic carbocycles. The Kier molecular flexibility index (Phi) is 7.03. The van der Waals surface area contributed by atoms with Gasteiger partial charge in [-0.2, -0.15) is 9.30 Å². The van der Waals surface area contributed by atoms with E-state index < -0.39 is 22.0 Å². The molecule has 1 aliphatic rings. The highest BCUT2D eigenvalue weighted by molar-refractivity contribution is 7.91. The maximum Gasteiger partial charge on any atom is 0.266 e. The molecule has 1 fully saturated rings. The Balaban J connectivity index is 1.72. The summed E-state index contributed by atoms with van der Waals surface area (Å²) in [6, 6.07) is 7.83. The predicted molar refractivity (Wildman–Crippen MR) is 125 cm³/mol. The van der Waals surface area contributed by atoms with Gasteiger partial charge in [-0.25, -0.2) is 8.42 Å². The lowest BCUT2D eigenvalue weighted by atomic mass is 10.2. The summed E-state index contributed by atoms with van der Waals surface area (Å²) in [5.74, 6) is 0.233. The van der Waals surface area contributed by atoms with Crippen molar-refractivity contribution in [3.8, 4) is 5.75 Å². The average molecular weight is 516 g/mol. The summed E-state index contributed by atoms with van der Waals surface area (Å²) >= 11 is 8.27. The van der Waals surface area contributed by atoms with Gasteiger partial charge in [0, 0.05) is 20.2 Å². The number of rotatable bonds is 7. The van der Waals surface area contributed by atoms with Crippen LogP contribution in [0.15, 0.2) is 39.5 Å². The van der Waals surface area contributed by atoms with Gasteiger partial charge in [-0.15, -0.1) is 11.3 Å². The number of methoxy groups -OCH3 is 2. The molecule has 0 radical (unpaired) electrons. The molecular weight excluding hydrogens is 494 g/mol. The van der Waals surface area contributed by atoms with E-state index in [0.717, 1.165) is 21.6 Å². The number of thiophene rings is 1. The van der Waals surface area contributed by atoms with Crippen LogP contribution in [-0.4, -0.2) is 56.6 Å². The molecule has 0 saturated carbocycles. The second-order valence-corrected chi connectivity index (χ2v) is 12.0. The first-order valence-electron chi connectivity index (χ1n) is 9.87. The van der Waals surface area contributed by atoms with Crippen LogP contribution >= 0.6 is 34.3 Å². The Morgan fingerprint density at radius 2 is 2.06 bits per heavy atom. The smallest absolute Gasteiger partial charge is 0.266 e. The van der Waals surface area contributed by atoms with Crippen LogP contribution in [-0.2, 0) is 26.1 Å². The van der Waals surface area contributed by atoms with Crippen molar-refractivity contribution in [3.05, 3.63) is 39.5 Å². The van der Waals surface area contributed by atoms with Gasteiger partial charge in [0.05, 0.1) is 28.3 Å². The third-order valence-electron chi connectivity index (χ3n) is 5.22. The van der Waals surface area contributed by atoms with Crippen molar-refractivity contribution in [2.24, 2.45) is 4.99 Å². The van der Waals surface area contributed by atoms with E-state index in [9.17, 15) is 13.2 Å². The molecule has 1 atom stereocenters. The molecule has 3 aromatic rings. The molecule has 8 nitrogen and oxygen atoms in total. The van der Waals surface area contributed by atoms with Crippen molar-refractivity contribution in [1.82, 2.24) is 8.87 Å². The summed E-state index contributed by atoms with van der Waals surface area (Å²) in [5, 5.41) is 0. The van der Waals surface area contributed by atoms with Gasteiger partial charge in [0.1, 0.15) is 16.0 Å². The number of hydrogen-bond acceptors (Lipinski definition) is 7. The maximum atomic E-state index is 13.2. The van der Waals surface area contributed by atoms with Crippen molar-refractivity contribution in [2.75, 3.05) is 27.4 Å². The summed E-state index contributed by atoms with van der Waals surface area (Å²) in [5.41, 5.74) is 0.906. The number of hydrogen-bond donors (Lipinski definition) is 0. The summed E-state index contributed by atoms with van der Waals surface area (Å²) in [6.07, 6.45) is 1.02. The molecule has 2 aromatic heterocycles. The van der Waals surface area contributed by atoms with Gasteiger partial charge in [0.15, 0.2) is 4.80 Å². The van der Waals surface area contributed by atoms with E-state index in [0.29, 0.717) is 40.9 Å². The molecule has 3 heterocycles. The number of aromatic nitrogens is 1. The zero-order valence-corrected chi connectivity index (χ0v) is 20.7. The van der Waals surface area contributed by atoms with Crippen LogP contribution in [0.2, 0.25) is 4.34 Å². The number of thiazole rings is 1. The average Bonchev–Trinajstić information content (AvgIpc) is 3.50. The summed E-state index contributed by atoms with van der Waals surface area (Å²) < 4.78 is 41.3. The molecule has 1 unspecified atom stereocenters. The van der Waals surface area contributed by atoms with Crippen molar-refractivity contribution in [1.29, 1.82) is 0 Å². The minimum atomic E-state index is -3.82. The van der Waals surface area contributed by atoms with Crippen LogP contribution in [0.3, 0.4) is 0 Å². The fourth-order valence-corrected chi connectivity index (χ4v) is 8.01. The number of amides is 1. The highest BCUT2D eigenvalue weighted by Crippen LogP contribution is 2.32. The van der Waals surface area contributed by atoms with Gasteiger partial charge in [0.2, 0.25) is 0 Å². The van der Waals surface area contributed by atoms with Gasteiger partial charge in [0.25, 0.3) is 15.9 Å². The van der Waals surface area contributed by atoms with Gasteiger partial charge >= 0.3 is 0 Å². The first-order chi connectivity index (χ1) is 15.3. The fraction of sp³-hybridized carbons (Fsp3) is 0.400. The van der Waals surface area contributed by atoms with Crippen LogP contribution in [0.5, 0.6) is 5.75 Å². The second-order valence-electron chi connectivity index (χ2n) is 7.15. The fourth-order valence-electron chi connectivity index (χ4n) is 3.66. The zero-order valence-electron chi connectivity index (χ0n) is 17.5. The van der Waals surface area contributed by atoms with Gasteiger partial charge in [-0.1, -0.05) is 22.9 Å². The van der Waals surface area contributed by atoms with Crippen LogP contribution in [0.4, 0.5) is 0 Å². The number of fused-ring (bicyclic) bond motifs is 1. The molecule has 1 amide bonds. The highest BCUT2D eigenvalue weighted by Gasteiger charge is 2.40. The molecule has 0 aliphatic carbocycles. The van der Waals surface area contributed by atoms with E-state index in [2.05, 4.69) is 4.99 Å². The number of carbonyl (C=O) groups is 1. The molecule has 0 N–H and O–H groups in total. The second kappa shape index (κ2) is 9.62. The van der Waals surface area contributed by atoms with Gasteiger partial charge in [-0.05, 0) is 43.2 Å². The summed E-state index contributed by atoms with van der Waals surface area (Å²) in [4.78, 5) is 18.0. The van der Waals surface area contributed by atoms with Crippen molar-refractivity contribution < 1.29 is 22.7 Å². The Hall–Kier alpha value is -1.76. The molecule has 0 bridgehead atoms. The third kappa shape index (κ3) is 4.50. The largest absolute Gasteiger partial charge is 0.497 e. The van der Waals surface area contributed by atoms with Gasteiger partial charge < -0.3 is 14.0 Å². The SMILES string of the molecule is COCCn1c(=NC(=O)C2CCCN2S(=O)(=O)c2ccc(Cl)s2)sc2cc(OC)ccc21. The molecule has 172 valence electrons. The van der Waals surface area contributed by atoms with Crippen LogP contribution < -0.4 is 9.54 Å². The number of carbonyl (C=O) groups excluding carboxylic acids is 1. The third-order valence-corrected chi connectivity index (χ3v) is 9.86. The predicted octanol–water partition coefficient (Wildman–Crippen LogP) is 3.35. The van der Waals surface area contributed by atoms with Crippen LogP contribution in [0, 0.1) is 0 Å². The van der Waals surface area contributed by atoms with Crippen molar-refractivity contribution in [3.63, 3.8) is 0 Å². The molecular formula is C20H22ClN3O5S3. The van der Waals surface area contributed by atoms with E-state index in [1.165, 1.54) is 21.7 Å². The van der Waals surface area contributed by atoms with E-state index >= 15 is 0 Å². The monoisotopic (exact) mass is 515 g/mol. The number of halogens is 1. The first-order valence-corrected chi connectivity index (χ1v) is 13.3. The Morgan fingerprint density at radius 1 is 1.25 bits per heavy atom. The quantitative estimate of drug-likeness (QED) is 0.481. The minimum Gasteiger partial charge on any atom is -0.497 e. The van der Waals surface area contributed by atoms with Crippen LogP contribution in [0.1, 0.15) is 12.8 Å². The van der Waals surface area contributed by atoms with Crippen molar-refractivity contribution in [2.45, 2.75) is 29.6 Å². The maximum absolute atomic E-state index is 13.2. The molecule has 1 aliphatic heterocycles.